The molecule has 1 aromatic carbocycles. The van der Waals surface area contributed by atoms with Crippen LogP contribution in [0.2, 0.25) is 0 Å². The van der Waals surface area contributed by atoms with Gasteiger partial charge in [-0.1, -0.05) is 12.1 Å². The second-order valence-corrected chi connectivity index (χ2v) is 4.01. The molecule has 0 radical (unpaired) electrons. The molecule has 0 saturated carbocycles. The predicted octanol–water partition coefficient (Wildman–Crippen LogP) is 2.29. The van der Waals surface area contributed by atoms with Crippen molar-refractivity contribution < 1.29 is 4.74 Å². The average Bonchev–Trinajstić information content (AvgIpc) is 2.30. The maximum atomic E-state index is 6.09. The second-order valence-electron chi connectivity index (χ2n) is 4.01. The Morgan fingerprint density at radius 1 is 1.24 bits per heavy atom. The molecule has 98 valence electrons. The van der Waals surface area contributed by atoms with Gasteiger partial charge in [-0.25, -0.2) is 0 Å². The third-order valence-electron chi connectivity index (χ3n) is 2.98. The molecule has 0 bridgehead atoms. The molecular formula is C12H20Cl2N2O. The van der Waals surface area contributed by atoms with Gasteiger partial charge in [0.15, 0.2) is 0 Å². The van der Waals surface area contributed by atoms with Crippen LogP contribution in [0, 0.1) is 0 Å². The second kappa shape index (κ2) is 7.77. The smallest absolute Gasteiger partial charge is 0.118 e. The highest BCUT2D eigenvalue weighted by atomic mass is 35.5. The van der Waals surface area contributed by atoms with Crippen molar-refractivity contribution in [3.05, 3.63) is 29.8 Å². The van der Waals surface area contributed by atoms with E-state index in [4.69, 9.17) is 10.5 Å². The molecule has 1 aliphatic heterocycles. The molecule has 3 nitrogen and oxygen atoms in total. The number of rotatable bonds is 2. The first-order chi connectivity index (χ1) is 7.31. The molecule has 1 aromatic rings. The molecule has 2 rings (SSSR count). The third kappa shape index (κ3) is 4.03. The van der Waals surface area contributed by atoms with Gasteiger partial charge in [-0.05, 0) is 37.1 Å². The topological polar surface area (TPSA) is 47.3 Å². The summed E-state index contributed by atoms with van der Waals surface area (Å²) in [6, 6.07) is 8.66. The van der Waals surface area contributed by atoms with E-state index in [0.29, 0.717) is 6.04 Å². The number of methoxy groups -OCH3 is 1. The first-order valence-corrected chi connectivity index (χ1v) is 5.44. The van der Waals surface area contributed by atoms with Crippen LogP contribution in [-0.2, 0) is 0 Å². The lowest BCUT2D eigenvalue weighted by molar-refractivity contribution is 0.357. The van der Waals surface area contributed by atoms with Crippen LogP contribution in [0.3, 0.4) is 0 Å². The fourth-order valence-corrected chi connectivity index (χ4v) is 2.09. The quantitative estimate of drug-likeness (QED) is 0.873. The summed E-state index contributed by atoms with van der Waals surface area (Å²) in [4.78, 5) is 0. The number of hydrogen-bond donors (Lipinski definition) is 2. The van der Waals surface area contributed by atoms with Crippen LogP contribution in [-0.4, -0.2) is 19.7 Å². The van der Waals surface area contributed by atoms with Gasteiger partial charge in [0, 0.05) is 12.1 Å². The van der Waals surface area contributed by atoms with E-state index in [-0.39, 0.29) is 30.9 Å². The first kappa shape index (κ1) is 16.5. The Morgan fingerprint density at radius 3 is 2.41 bits per heavy atom. The lowest BCUT2D eigenvalue weighted by Crippen LogP contribution is -2.42. The summed E-state index contributed by atoms with van der Waals surface area (Å²) in [5.74, 6) is 0.892. The highest BCUT2D eigenvalue weighted by Crippen LogP contribution is 2.23. The summed E-state index contributed by atoms with van der Waals surface area (Å²) in [6.07, 6.45) is 2.28. The van der Waals surface area contributed by atoms with Crippen LogP contribution < -0.4 is 15.8 Å². The van der Waals surface area contributed by atoms with E-state index in [1.54, 1.807) is 7.11 Å². The average molecular weight is 279 g/mol. The molecule has 2 unspecified atom stereocenters. The Kier molecular flexibility index (Phi) is 7.55. The van der Waals surface area contributed by atoms with Crippen molar-refractivity contribution in [2.24, 2.45) is 5.73 Å². The minimum atomic E-state index is 0. The van der Waals surface area contributed by atoms with Gasteiger partial charge in [0.25, 0.3) is 0 Å². The molecule has 0 spiro atoms. The van der Waals surface area contributed by atoms with Crippen LogP contribution >= 0.6 is 24.8 Å². The monoisotopic (exact) mass is 278 g/mol. The maximum Gasteiger partial charge on any atom is 0.118 e. The number of nitrogens with two attached hydrogens (primary N) is 1. The van der Waals surface area contributed by atoms with E-state index < -0.39 is 0 Å². The molecule has 1 aliphatic rings. The summed E-state index contributed by atoms with van der Waals surface area (Å²) in [5.41, 5.74) is 7.34. The molecule has 1 saturated heterocycles. The molecule has 1 fully saturated rings. The van der Waals surface area contributed by atoms with Crippen molar-refractivity contribution in [3.8, 4) is 5.75 Å². The third-order valence-corrected chi connectivity index (χ3v) is 2.98. The van der Waals surface area contributed by atoms with E-state index >= 15 is 0 Å². The van der Waals surface area contributed by atoms with Crippen LogP contribution in [0.4, 0.5) is 0 Å². The number of halogens is 2. The Labute approximate surface area is 115 Å². The van der Waals surface area contributed by atoms with Crippen LogP contribution in [0.1, 0.15) is 24.4 Å². The van der Waals surface area contributed by atoms with Crippen LogP contribution in [0.5, 0.6) is 5.75 Å². The first-order valence-electron chi connectivity index (χ1n) is 5.44. The lowest BCUT2D eigenvalue weighted by atomic mass is 9.93. The van der Waals surface area contributed by atoms with E-state index in [0.717, 1.165) is 18.7 Å². The number of piperidine rings is 1. The highest BCUT2D eigenvalue weighted by molar-refractivity contribution is 5.85. The van der Waals surface area contributed by atoms with E-state index in [1.165, 1.54) is 12.0 Å². The molecule has 1 heterocycles. The van der Waals surface area contributed by atoms with Gasteiger partial charge >= 0.3 is 0 Å². The van der Waals surface area contributed by atoms with Gasteiger partial charge in [-0.3, -0.25) is 0 Å². The summed E-state index contributed by atoms with van der Waals surface area (Å²) in [6.45, 7) is 1.06. The molecule has 17 heavy (non-hydrogen) atoms. The molecular weight excluding hydrogens is 259 g/mol. The number of benzene rings is 1. The standard InChI is InChI=1S/C12H18N2O.2ClH/c1-15-10-6-4-9(5-7-10)12-11(13)3-2-8-14-12;;/h4-7,11-12,14H,2-3,8,13H2,1H3;2*1H. The lowest BCUT2D eigenvalue weighted by Gasteiger charge is -2.30. The molecule has 0 aromatic heterocycles. The van der Waals surface area contributed by atoms with Gasteiger partial charge in [0.2, 0.25) is 0 Å². The molecule has 3 N–H and O–H groups in total. The normalized spacial score (nSPS) is 23.2. The zero-order valence-corrected chi connectivity index (χ0v) is 11.5. The van der Waals surface area contributed by atoms with Gasteiger partial charge < -0.3 is 15.8 Å². The maximum absolute atomic E-state index is 6.09. The van der Waals surface area contributed by atoms with Gasteiger partial charge in [-0.15, -0.1) is 24.8 Å². The molecule has 5 heteroatoms. The largest absolute Gasteiger partial charge is 0.497 e. The van der Waals surface area contributed by atoms with Crippen molar-refractivity contribution >= 4 is 24.8 Å². The van der Waals surface area contributed by atoms with Crippen molar-refractivity contribution in [2.75, 3.05) is 13.7 Å². The van der Waals surface area contributed by atoms with E-state index in [2.05, 4.69) is 17.4 Å². The molecule has 0 amide bonds. The molecule has 0 aliphatic carbocycles. The Morgan fingerprint density at radius 2 is 1.88 bits per heavy atom. The van der Waals surface area contributed by atoms with E-state index in [1.807, 2.05) is 12.1 Å². The fraction of sp³-hybridized carbons (Fsp3) is 0.500. The Bertz CT molecular complexity index is 319. The summed E-state index contributed by atoms with van der Waals surface area (Å²) < 4.78 is 5.13. The van der Waals surface area contributed by atoms with Crippen molar-refractivity contribution in [1.82, 2.24) is 5.32 Å². The van der Waals surface area contributed by atoms with E-state index in [9.17, 15) is 0 Å². The van der Waals surface area contributed by atoms with Crippen molar-refractivity contribution in [2.45, 2.75) is 24.9 Å². The minimum Gasteiger partial charge on any atom is -0.497 e. The highest BCUT2D eigenvalue weighted by Gasteiger charge is 2.22. The van der Waals surface area contributed by atoms with Crippen LogP contribution in [0.15, 0.2) is 24.3 Å². The van der Waals surface area contributed by atoms with Crippen molar-refractivity contribution in [3.63, 3.8) is 0 Å². The van der Waals surface area contributed by atoms with Crippen molar-refractivity contribution in [1.29, 1.82) is 0 Å². The zero-order valence-electron chi connectivity index (χ0n) is 9.89. The number of ether oxygens (including phenoxy) is 1. The van der Waals surface area contributed by atoms with Gasteiger partial charge in [0.1, 0.15) is 5.75 Å². The zero-order chi connectivity index (χ0) is 10.7. The Balaban J connectivity index is 0.00000128. The Hall–Kier alpha value is -0.480. The van der Waals surface area contributed by atoms with Crippen LogP contribution in [0.25, 0.3) is 0 Å². The van der Waals surface area contributed by atoms with Gasteiger partial charge in [-0.2, -0.15) is 0 Å². The fourth-order valence-electron chi connectivity index (χ4n) is 2.09. The minimum absolute atomic E-state index is 0. The summed E-state index contributed by atoms with van der Waals surface area (Å²) in [7, 11) is 1.68. The summed E-state index contributed by atoms with van der Waals surface area (Å²) >= 11 is 0. The summed E-state index contributed by atoms with van der Waals surface area (Å²) in [5, 5.41) is 3.46. The number of nitrogens with one attached hydrogen (secondary N) is 1. The SMILES string of the molecule is COc1ccc(C2NCCCC2N)cc1.Cl.Cl. The number of hydrogen-bond acceptors (Lipinski definition) is 3. The molecule has 2 atom stereocenters. The predicted molar refractivity (Wildman–Crippen MR) is 75.4 cm³/mol. The van der Waals surface area contributed by atoms with Gasteiger partial charge in [0.05, 0.1) is 7.11 Å².